The van der Waals surface area contributed by atoms with Crippen molar-refractivity contribution in [3.63, 3.8) is 0 Å². The Morgan fingerprint density at radius 2 is 1.91 bits per heavy atom. The third kappa shape index (κ3) is 5.57. The first kappa shape index (κ1) is 22.9. The number of nitrogens with zero attached hydrogens (tertiary/aromatic N) is 1. The number of amides is 1. The number of carbonyl (C=O) groups excluding carboxylic acids is 1. The molecule has 1 aliphatic heterocycles. The third-order valence-electron chi connectivity index (χ3n) is 6.29. The van der Waals surface area contributed by atoms with E-state index in [-0.39, 0.29) is 5.91 Å². The maximum atomic E-state index is 12.8. The van der Waals surface area contributed by atoms with Crippen molar-refractivity contribution in [3.05, 3.63) is 71.1 Å². The summed E-state index contributed by atoms with van der Waals surface area (Å²) < 4.78 is 0. The van der Waals surface area contributed by atoms with Crippen molar-refractivity contribution in [2.75, 3.05) is 49.2 Å². The maximum absolute atomic E-state index is 12.8. The highest BCUT2D eigenvalue weighted by Gasteiger charge is 2.28. The van der Waals surface area contributed by atoms with Crippen LogP contribution in [0.5, 0.6) is 0 Å². The molecule has 0 saturated carbocycles. The van der Waals surface area contributed by atoms with Gasteiger partial charge in [-0.15, -0.1) is 11.3 Å². The van der Waals surface area contributed by atoms with Gasteiger partial charge in [0.05, 0.1) is 11.4 Å². The summed E-state index contributed by atoms with van der Waals surface area (Å²) >= 11 is 1.66. The normalized spacial score (nSPS) is 16.1. The summed E-state index contributed by atoms with van der Waals surface area (Å²) in [6, 6.07) is 17.6. The minimum absolute atomic E-state index is 0.162. The maximum Gasteiger partial charge on any atom is 0.255 e. The molecule has 4 rings (SSSR count). The zero-order valence-electron chi connectivity index (χ0n) is 18.5. The molecule has 5 nitrogen and oxygen atoms in total. The van der Waals surface area contributed by atoms with E-state index in [2.05, 4.69) is 23.2 Å². The van der Waals surface area contributed by atoms with Crippen LogP contribution in [0.25, 0.3) is 10.4 Å². The summed E-state index contributed by atoms with van der Waals surface area (Å²) in [4.78, 5) is 26.8. The van der Waals surface area contributed by atoms with Gasteiger partial charge in [0.25, 0.3) is 5.91 Å². The van der Waals surface area contributed by atoms with E-state index in [1.807, 2.05) is 53.9 Å². The van der Waals surface area contributed by atoms with E-state index in [0.717, 1.165) is 55.0 Å². The van der Waals surface area contributed by atoms with Crippen LogP contribution >= 0.6 is 18.8 Å². The van der Waals surface area contributed by atoms with Gasteiger partial charge in [0.2, 0.25) is 0 Å². The Bertz CT molecular complexity index is 1050. The average Bonchev–Trinajstić information content (AvgIpc) is 3.35. The van der Waals surface area contributed by atoms with Crippen molar-refractivity contribution in [2.24, 2.45) is 0 Å². The topological polar surface area (TPSA) is 78.6 Å². The smallest absolute Gasteiger partial charge is 0.255 e. The highest BCUT2D eigenvalue weighted by Crippen LogP contribution is 2.55. The Kier molecular flexibility index (Phi) is 7.27. The molecule has 1 radical (unpaired) electrons. The number of rotatable bonds is 7. The molecular weight excluding hydrogens is 437 g/mol. The van der Waals surface area contributed by atoms with Crippen LogP contribution < -0.4 is 11.1 Å². The van der Waals surface area contributed by atoms with Gasteiger partial charge in [0.1, 0.15) is 0 Å². The molecule has 1 amide bonds. The van der Waals surface area contributed by atoms with Crippen molar-refractivity contribution < 1.29 is 9.69 Å². The molecule has 4 N–H and O–H groups in total. The van der Waals surface area contributed by atoms with Crippen molar-refractivity contribution in [1.29, 1.82) is 0 Å². The number of carbonyl (C=O) groups is 1. The van der Waals surface area contributed by atoms with Crippen LogP contribution in [0.2, 0.25) is 0 Å². The second-order valence-corrected chi connectivity index (χ2v) is 13.0. The van der Waals surface area contributed by atoms with Crippen LogP contribution in [0.1, 0.15) is 22.8 Å². The molecule has 1 fully saturated rings. The molecule has 3 aromatic rings. The zero-order valence-corrected chi connectivity index (χ0v) is 20.2. The molecular formula is C25H31N3O2PS. The van der Waals surface area contributed by atoms with E-state index in [9.17, 15) is 9.69 Å². The number of nitrogens with two attached hydrogens (primary N) is 1. The fourth-order valence-electron chi connectivity index (χ4n) is 3.98. The van der Waals surface area contributed by atoms with E-state index in [1.54, 1.807) is 11.3 Å². The number of benzene rings is 2. The molecule has 0 bridgehead atoms. The average molecular weight is 469 g/mol. The number of hydrogen-bond acceptors (Lipinski definition) is 5. The van der Waals surface area contributed by atoms with Gasteiger partial charge in [0.15, 0.2) is 0 Å². The number of hydrogen-bond donors (Lipinski definition) is 3. The Hall–Kier alpha value is -2.24. The summed E-state index contributed by atoms with van der Waals surface area (Å²) in [5.74, 6) is -0.162. The Morgan fingerprint density at radius 3 is 2.56 bits per heavy atom. The summed E-state index contributed by atoms with van der Waals surface area (Å²) in [6.45, 7) is 5.08. The summed E-state index contributed by atoms with van der Waals surface area (Å²) in [5, 5.41) is 4.99. The van der Waals surface area contributed by atoms with Gasteiger partial charge in [-0.3, -0.25) is 4.79 Å². The van der Waals surface area contributed by atoms with Crippen molar-refractivity contribution in [3.8, 4) is 10.4 Å². The van der Waals surface area contributed by atoms with Gasteiger partial charge in [-0.1, -0.05) is 31.2 Å². The third-order valence-corrected chi connectivity index (χ3v) is 10.5. The van der Waals surface area contributed by atoms with E-state index in [4.69, 9.17) is 5.73 Å². The molecule has 1 saturated heterocycles. The largest absolute Gasteiger partial charge is 0.397 e. The second kappa shape index (κ2) is 10.1. The van der Waals surface area contributed by atoms with Crippen LogP contribution in [0.15, 0.2) is 60.0 Å². The molecule has 1 aliphatic rings. The van der Waals surface area contributed by atoms with Crippen LogP contribution in [-0.2, 0) is 6.42 Å². The Balaban J connectivity index is 1.33. The van der Waals surface area contributed by atoms with Crippen molar-refractivity contribution >= 4 is 36.1 Å². The van der Waals surface area contributed by atoms with Gasteiger partial charge < -0.3 is 20.8 Å². The van der Waals surface area contributed by atoms with E-state index in [1.165, 1.54) is 5.56 Å². The Morgan fingerprint density at radius 1 is 1.16 bits per heavy atom. The number of thiophene rings is 1. The standard InChI is InChI=1S/C25H31N3O2PS/c1-2-31(30)15-13-28(14-16-31)12-11-19-5-7-20(8-6-19)25(29)27-23-18-21(9-10-22(23)26)24-4-3-17-32-24/h3-10,17-18,30H,2,11-16,26H2,1H3,(H,27,29). The lowest BCUT2D eigenvalue weighted by molar-refractivity contribution is 0.102. The van der Waals surface area contributed by atoms with E-state index in [0.29, 0.717) is 16.9 Å². The molecule has 0 atom stereocenters. The number of anilines is 2. The molecule has 0 unspecified atom stereocenters. The minimum Gasteiger partial charge on any atom is -0.397 e. The summed E-state index contributed by atoms with van der Waals surface area (Å²) in [5.41, 5.74) is 10.1. The van der Waals surface area contributed by atoms with E-state index >= 15 is 0 Å². The molecule has 7 heteroatoms. The lowest BCUT2D eigenvalue weighted by Gasteiger charge is -2.39. The fourth-order valence-corrected chi connectivity index (χ4v) is 6.87. The van der Waals surface area contributed by atoms with Gasteiger partial charge >= 0.3 is 0 Å². The predicted octanol–water partition coefficient (Wildman–Crippen LogP) is 5.05. The first-order valence-corrected chi connectivity index (χ1v) is 14.3. The monoisotopic (exact) mass is 468 g/mol. The summed E-state index contributed by atoms with van der Waals surface area (Å²) in [6.07, 6.45) is 3.80. The minimum atomic E-state index is -1.64. The van der Waals surface area contributed by atoms with Crippen molar-refractivity contribution in [2.45, 2.75) is 13.3 Å². The van der Waals surface area contributed by atoms with Crippen LogP contribution in [0, 0.1) is 0 Å². The second-order valence-electron chi connectivity index (χ2n) is 8.38. The highest BCUT2D eigenvalue weighted by molar-refractivity contribution is 7.70. The fraction of sp³-hybridized carbons (Fsp3) is 0.320. The molecule has 169 valence electrons. The Labute approximate surface area is 194 Å². The first-order chi connectivity index (χ1) is 15.5. The molecule has 2 aromatic carbocycles. The molecule has 0 aliphatic carbocycles. The van der Waals surface area contributed by atoms with Gasteiger partial charge in [0, 0.05) is 30.1 Å². The number of nitrogen functional groups attached to an aromatic ring is 1. The number of nitrogens with one attached hydrogen (secondary N) is 1. The lowest BCUT2D eigenvalue weighted by Crippen LogP contribution is -2.38. The molecule has 1 aromatic heterocycles. The quantitative estimate of drug-likeness (QED) is 0.335. The molecule has 0 spiro atoms. The molecule has 2 heterocycles. The van der Waals surface area contributed by atoms with Gasteiger partial charge in [-0.2, -0.15) is 0 Å². The lowest BCUT2D eigenvalue weighted by atomic mass is 10.1. The molecule has 32 heavy (non-hydrogen) atoms. The summed E-state index contributed by atoms with van der Waals surface area (Å²) in [7, 11) is -1.64. The zero-order chi connectivity index (χ0) is 22.6. The van der Waals surface area contributed by atoms with Crippen LogP contribution in [0.3, 0.4) is 0 Å². The van der Waals surface area contributed by atoms with E-state index < -0.39 is 7.49 Å². The van der Waals surface area contributed by atoms with Gasteiger partial charge in [-0.25, -0.2) is 0 Å². The highest BCUT2D eigenvalue weighted by atomic mass is 32.1. The SMILES string of the molecule is CC[P]1(O)CCN(CCc2ccc(C(=O)Nc3cc(-c4cccs4)ccc3N)cc2)CC1. The van der Waals surface area contributed by atoms with Crippen LogP contribution in [0.4, 0.5) is 11.4 Å². The predicted molar refractivity (Wildman–Crippen MR) is 138 cm³/mol. The first-order valence-electron chi connectivity index (χ1n) is 11.1. The van der Waals surface area contributed by atoms with Crippen molar-refractivity contribution in [1.82, 2.24) is 4.90 Å². The van der Waals surface area contributed by atoms with Crippen LogP contribution in [-0.4, -0.2) is 53.8 Å². The van der Waals surface area contributed by atoms with Gasteiger partial charge in [-0.05, 0) is 79.2 Å².